The van der Waals surface area contributed by atoms with Crippen LogP contribution in [0.1, 0.15) is 5.56 Å². The first-order valence-corrected chi connectivity index (χ1v) is 5.64. The highest BCUT2D eigenvalue weighted by Gasteiger charge is 2.04. The number of rotatable bonds is 3. The third kappa shape index (κ3) is 3.26. The molecule has 1 N–H and O–H groups in total. The quantitative estimate of drug-likeness (QED) is 0.663. The van der Waals surface area contributed by atoms with E-state index >= 15 is 0 Å². The topological polar surface area (TPSA) is 24.4 Å². The second kappa shape index (κ2) is 5.75. The molecule has 19 heavy (non-hydrogen) atoms. The van der Waals surface area contributed by atoms with E-state index in [-0.39, 0.29) is 16.3 Å². The molecule has 0 bridgehead atoms. The molecule has 0 saturated heterocycles. The molecule has 0 radical (unpaired) electrons. The van der Waals surface area contributed by atoms with E-state index < -0.39 is 17.5 Å². The van der Waals surface area contributed by atoms with E-state index in [2.05, 4.69) is 10.5 Å². The van der Waals surface area contributed by atoms with E-state index in [4.69, 9.17) is 11.6 Å². The Labute approximate surface area is 112 Å². The Bertz CT molecular complexity index is 609. The summed E-state index contributed by atoms with van der Waals surface area (Å²) >= 11 is 5.78. The van der Waals surface area contributed by atoms with Gasteiger partial charge in [0.25, 0.3) is 0 Å². The van der Waals surface area contributed by atoms with Crippen LogP contribution in [0.15, 0.2) is 41.5 Å². The van der Waals surface area contributed by atoms with Gasteiger partial charge in [0, 0.05) is 11.6 Å². The van der Waals surface area contributed by atoms with Crippen molar-refractivity contribution in [2.24, 2.45) is 5.10 Å². The van der Waals surface area contributed by atoms with Crippen LogP contribution in [0.4, 0.5) is 18.9 Å². The third-order valence-electron chi connectivity index (χ3n) is 2.31. The molecule has 0 aliphatic carbocycles. The van der Waals surface area contributed by atoms with Crippen molar-refractivity contribution in [1.29, 1.82) is 0 Å². The van der Waals surface area contributed by atoms with Gasteiger partial charge in [0.05, 0.1) is 16.9 Å². The molecule has 0 atom stereocenters. The molecule has 2 nitrogen and oxygen atoms in total. The zero-order valence-electron chi connectivity index (χ0n) is 9.50. The molecule has 2 aromatic rings. The van der Waals surface area contributed by atoms with Crippen molar-refractivity contribution in [2.75, 3.05) is 5.43 Å². The largest absolute Gasteiger partial charge is 0.276 e. The maximum atomic E-state index is 13.4. The molecule has 0 aromatic heterocycles. The SMILES string of the molecule is Fc1ccc(N/N=C/c2c(F)cccc2Cl)c(F)c1. The van der Waals surface area contributed by atoms with Crippen molar-refractivity contribution in [3.8, 4) is 0 Å². The Kier molecular flexibility index (Phi) is 4.06. The van der Waals surface area contributed by atoms with E-state index in [1.165, 1.54) is 24.3 Å². The molecule has 6 heteroatoms. The van der Waals surface area contributed by atoms with E-state index in [1.807, 2.05) is 0 Å². The summed E-state index contributed by atoms with van der Waals surface area (Å²) in [5.74, 6) is -2.03. The lowest BCUT2D eigenvalue weighted by atomic mass is 10.2. The molecular formula is C13H8ClF3N2. The van der Waals surface area contributed by atoms with Crippen LogP contribution >= 0.6 is 11.6 Å². The first kappa shape index (κ1) is 13.4. The molecule has 0 saturated carbocycles. The smallest absolute Gasteiger partial charge is 0.151 e. The van der Waals surface area contributed by atoms with E-state index in [0.29, 0.717) is 6.07 Å². The number of hydrazone groups is 1. The Morgan fingerprint density at radius 2 is 1.84 bits per heavy atom. The predicted octanol–water partition coefficient (Wildman–Crippen LogP) is 4.20. The van der Waals surface area contributed by atoms with Crippen LogP contribution in [-0.2, 0) is 0 Å². The van der Waals surface area contributed by atoms with E-state index in [9.17, 15) is 13.2 Å². The summed E-state index contributed by atoms with van der Waals surface area (Å²) < 4.78 is 39.3. The molecule has 0 spiro atoms. The zero-order chi connectivity index (χ0) is 13.8. The summed E-state index contributed by atoms with van der Waals surface area (Å²) in [5, 5.41) is 3.85. The van der Waals surface area contributed by atoms with Gasteiger partial charge in [-0.15, -0.1) is 0 Å². The monoisotopic (exact) mass is 284 g/mol. The second-order valence-corrected chi connectivity index (χ2v) is 4.04. The number of halogens is 4. The lowest BCUT2D eigenvalue weighted by molar-refractivity contribution is 0.585. The Morgan fingerprint density at radius 1 is 1.05 bits per heavy atom. The van der Waals surface area contributed by atoms with Gasteiger partial charge in [-0.1, -0.05) is 17.7 Å². The average molecular weight is 285 g/mol. The van der Waals surface area contributed by atoms with Crippen LogP contribution in [0.25, 0.3) is 0 Å². The predicted molar refractivity (Wildman–Crippen MR) is 69.0 cm³/mol. The van der Waals surface area contributed by atoms with Crippen LogP contribution in [0.5, 0.6) is 0 Å². The highest BCUT2D eigenvalue weighted by atomic mass is 35.5. The molecule has 0 aliphatic rings. The van der Waals surface area contributed by atoms with Gasteiger partial charge < -0.3 is 0 Å². The lowest BCUT2D eigenvalue weighted by Crippen LogP contribution is -1.96. The Balaban J connectivity index is 2.16. The van der Waals surface area contributed by atoms with Crippen LogP contribution in [0, 0.1) is 17.5 Å². The molecule has 0 aliphatic heterocycles. The number of hydrogen-bond acceptors (Lipinski definition) is 2. The van der Waals surface area contributed by atoms with Crippen molar-refractivity contribution < 1.29 is 13.2 Å². The molecule has 2 aromatic carbocycles. The summed E-state index contributed by atoms with van der Waals surface area (Å²) in [6.45, 7) is 0. The molecule has 0 heterocycles. The van der Waals surface area contributed by atoms with Crippen molar-refractivity contribution in [3.05, 3.63) is 64.4 Å². The van der Waals surface area contributed by atoms with E-state index in [1.54, 1.807) is 0 Å². The van der Waals surface area contributed by atoms with Gasteiger partial charge in [-0.3, -0.25) is 5.43 Å². The van der Waals surface area contributed by atoms with E-state index in [0.717, 1.165) is 12.3 Å². The minimum absolute atomic E-state index is 0.0230. The minimum atomic E-state index is -0.795. The Hall–Kier alpha value is -2.01. The fourth-order valence-corrected chi connectivity index (χ4v) is 1.59. The van der Waals surface area contributed by atoms with Crippen LogP contribution in [-0.4, -0.2) is 6.21 Å². The number of hydrogen-bond donors (Lipinski definition) is 1. The number of anilines is 1. The van der Waals surface area contributed by atoms with Gasteiger partial charge in [0.1, 0.15) is 11.6 Å². The molecule has 2 rings (SSSR count). The fraction of sp³-hybridized carbons (Fsp3) is 0. The van der Waals surface area contributed by atoms with Crippen molar-refractivity contribution in [2.45, 2.75) is 0 Å². The summed E-state index contributed by atoms with van der Waals surface area (Å²) in [5.41, 5.74) is 2.41. The molecule has 0 amide bonds. The van der Waals surface area contributed by atoms with Crippen molar-refractivity contribution in [1.82, 2.24) is 0 Å². The summed E-state index contributed by atoms with van der Waals surface area (Å²) in [7, 11) is 0. The summed E-state index contributed by atoms with van der Waals surface area (Å²) in [4.78, 5) is 0. The molecule has 0 fully saturated rings. The Morgan fingerprint density at radius 3 is 2.53 bits per heavy atom. The van der Waals surface area contributed by atoms with Gasteiger partial charge in [-0.2, -0.15) is 5.10 Å². The second-order valence-electron chi connectivity index (χ2n) is 3.63. The van der Waals surface area contributed by atoms with Gasteiger partial charge >= 0.3 is 0 Å². The fourth-order valence-electron chi connectivity index (χ4n) is 1.38. The minimum Gasteiger partial charge on any atom is -0.276 e. The lowest BCUT2D eigenvalue weighted by Gasteiger charge is -2.02. The first-order valence-electron chi connectivity index (χ1n) is 5.26. The third-order valence-corrected chi connectivity index (χ3v) is 2.64. The standard InChI is InChI=1S/C13H8ClF3N2/c14-10-2-1-3-11(16)9(10)7-18-19-13-5-4-8(15)6-12(13)17/h1-7,19H/b18-7+. The highest BCUT2D eigenvalue weighted by Crippen LogP contribution is 2.18. The highest BCUT2D eigenvalue weighted by molar-refractivity contribution is 6.33. The van der Waals surface area contributed by atoms with Gasteiger partial charge in [0.2, 0.25) is 0 Å². The molecule has 98 valence electrons. The zero-order valence-corrected chi connectivity index (χ0v) is 10.3. The van der Waals surface area contributed by atoms with Gasteiger partial charge in [-0.05, 0) is 24.3 Å². The summed E-state index contributed by atoms with van der Waals surface area (Å²) in [6, 6.07) is 7.17. The van der Waals surface area contributed by atoms with Gasteiger partial charge in [0.15, 0.2) is 5.82 Å². The number of nitrogens with zero attached hydrogens (tertiary/aromatic N) is 1. The number of benzene rings is 2. The average Bonchev–Trinajstić information content (AvgIpc) is 2.35. The van der Waals surface area contributed by atoms with Crippen LogP contribution in [0.3, 0.4) is 0 Å². The molecular weight excluding hydrogens is 277 g/mol. The summed E-state index contributed by atoms with van der Waals surface area (Å²) in [6.07, 6.45) is 1.13. The van der Waals surface area contributed by atoms with Crippen LogP contribution < -0.4 is 5.43 Å². The van der Waals surface area contributed by atoms with Crippen LogP contribution in [0.2, 0.25) is 5.02 Å². The number of nitrogens with one attached hydrogen (secondary N) is 1. The maximum absolute atomic E-state index is 13.4. The van der Waals surface area contributed by atoms with Crippen molar-refractivity contribution >= 4 is 23.5 Å². The van der Waals surface area contributed by atoms with Gasteiger partial charge in [-0.25, -0.2) is 13.2 Å². The first-order chi connectivity index (χ1) is 9.08. The van der Waals surface area contributed by atoms with Crippen molar-refractivity contribution in [3.63, 3.8) is 0 Å². The maximum Gasteiger partial charge on any atom is 0.151 e. The molecule has 0 unspecified atom stereocenters. The normalized spacial score (nSPS) is 10.9.